The Hall–Kier alpha value is -5.64. The van der Waals surface area contributed by atoms with E-state index in [1.54, 1.807) is 0 Å². The van der Waals surface area contributed by atoms with Crippen LogP contribution in [0.1, 0.15) is 33.4 Å². The predicted molar refractivity (Wildman–Crippen MR) is 176 cm³/mol. The van der Waals surface area contributed by atoms with Crippen molar-refractivity contribution in [1.29, 1.82) is 0 Å². The summed E-state index contributed by atoms with van der Waals surface area (Å²) in [5.74, 6) is 13.0. The molecule has 0 aliphatic heterocycles. The van der Waals surface area contributed by atoms with E-state index < -0.39 is 11.2 Å². The van der Waals surface area contributed by atoms with Crippen LogP contribution in [0.15, 0.2) is 158 Å². The van der Waals surface area contributed by atoms with Crippen molar-refractivity contribution in [3.05, 3.63) is 191 Å². The van der Waals surface area contributed by atoms with Crippen LogP contribution in [0.2, 0.25) is 0 Å². The summed E-state index contributed by atoms with van der Waals surface area (Å²) < 4.78 is 0. The second kappa shape index (κ2) is 11.2. The van der Waals surface area contributed by atoms with Crippen LogP contribution in [0.3, 0.4) is 0 Å². The summed E-state index contributed by atoms with van der Waals surface area (Å²) in [4.78, 5) is 0. The summed E-state index contributed by atoms with van der Waals surface area (Å²) in [5, 5.41) is 26.1. The lowest BCUT2D eigenvalue weighted by atomic mass is 9.64. The Morgan fingerprint density at radius 2 is 0.682 bits per heavy atom. The van der Waals surface area contributed by atoms with Crippen molar-refractivity contribution in [2.24, 2.45) is 0 Å². The van der Waals surface area contributed by atoms with Gasteiger partial charge in [0.2, 0.25) is 0 Å². The third kappa shape index (κ3) is 4.70. The van der Waals surface area contributed by atoms with Crippen LogP contribution in [0.5, 0.6) is 0 Å². The van der Waals surface area contributed by atoms with E-state index in [2.05, 4.69) is 23.7 Å². The van der Waals surface area contributed by atoms with Gasteiger partial charge in [-0.2, -0.15) is 0 Å². The number of rotatable bonds is 2. The van der Waals surface area contributed by atoms with Crippen molar-refractivity contribution in [3.63, 3.8) is 0 Å². The number of benzene rings is 6. The van der Waals surface area contributed by atoms with E-state index in [4.69, 9.17) is 0 Å². The smallest absolute Gasteiger partial charge is 0.178 e. The normalized spacial score (nSPS) is 18.0. The van der Waals surface area contributed by atoms with E-state index in [1.165, 1.54) is 0 Å². The third-order valence-corrected chi connectivity index (χ3v) is 8.13. The Kier molecular flexibility index (Phi) is 6.94. The second-order valence-corrected chi connectivity index (χ2v) is 10.8. The van der Waals surface area contributed by atoms with Crippen LogP contribution in [-0.2, 0) is 11.2 Å². The first kappa shape index (κ1) is 27.2. The van der Waals surface area contributed by atoms with E-state index in [9.17, 15) is 10.2 Å². The van der Waals surface area contributed by atoms with Gasteiger partial charge in [-0.05, 0) is 46.5 Å². The minimum atomic E-state index is -1.77. The van der Waals surface area contributed by atoms with Crippen molar-refractivity contribution in [3.8, 4) is 45.9 Å². The van der Waals surface area contributed by atoms with E-state index in [-0.39, 0.29) is 0 Å². The fraction of sp³-hybridized carbons (Fsp3) is 0.0476. The molecule has 0 amide bonds. The molecule has 2 nitrogen and oxygen atoms in total. The fourth-order valence-corrected chi connectivity index (χ4v) is 6.08. The zero-order valence-corrected chi connectivity index (χ0v) is 23.9. The summed E-state index contributed by atoms with van der Waals surface area (Å²) in [5.41, 5.74) is 3.45. The molecule has 2 N–H and O–H groups in total. The molecule has 0 unspecified atom stereocenters. The van der Waals surface area contributed by atoms with Gasteiger partial charge in [0.15, 0.2) is 11.2 Å². The van der Waals surface area contributed by atoms with Gasteiger partial charge in [0.05, 0.1) is 0 Å². The molecule has 0 spiro atoms. The first-order chi connectivity index (χ1) is 21.6. The Bertz CT molecular complexity index is 1930. The van der Waals surface area contributed by atoms with Crippen molar-refractivity contribution < 1.29 is 10.2 Å². The number of fused-ring (bicyclic) bond motifs is 2. The predicted octanol–water partition coefficient (Wildman–Crippen LogP) is 7.91. The highest BCUT2D eigenvalue weighted by Gasteiger charge is 2.51. The summed E-state index contributed by atoms with van der Waals surface area (Å²) in [6, 6.07) is 50.6. The van der Waals surface area contributed by atoms with Gasteiger partial charge in [0.25, 0.3) is 0 Å². The largest absolute Gasteiger partial charge is 0.369 e. The average Bonchev–Trinajstić information content (AvgIpc) is 3.10. The monoisotopic (exact) mass is 564 g/mol. The first-order valence-electron chi connectivity index (χ1n) is 14.6. The number of hydrogen-bond donors (Lipinski definition) is 2. The topological polar surface area (TPSA) is 40.5 Å². The van der Waals surface area contributed by atoms with Crippen molar-refractivity contribution in [2.75, 3.05) is 0 Å². The Morgan fingerprint density at radius 1 is 0.364 bits per heavy atom. The molecule has 0 saturated heterocycles. The van der Waals surface area contributed by atoms with Gasteiger partial charge < -0.3 is 10.2 Å². The van der Waals surface area contributed by atoms with E-state index in [1.807, 2.05) is 158 Å². The maximum absolute atomic E-state index is 13.0. The summed E-state index contributed by atoms with van der Waals surface area (Å²) in [6.07, 6.45) is 0. The highest BCUT2D eigenvalue weighted by atomic mass is 16.3. The van der Waals surface area contributed by atoms with Gasteiger partial charge >= 0.3 is 0 Å². The zero-order chi connectivity index (χ0) is 30.0. The quantitative estimate of drug-likeness (QED) is 0.210. The molecule has 6 aromatic rings. The van der Waals surface area contributed by atoms with Gasteiger partial charge in [-0.1, -0.05) is 157 Å². The number of aliphatic hydroxyl groups is 2. The molecular formula is C42H28O2. The molecule has 44 heavy (non-hydrogen) atoms. The molecule has 1 aliphatic rings. The Morgan fingerprint density at radius 3 is 1.05 bits per heavy atom. The van der Waals surface area contributed by atoms with Gasteiger partial charge in [-0.25, -0.2) is 0 Å². The third-order valence-electron chi connectivity index (χ3n) is 8.13. The summed E-state index contributed by atoms with van der Waals surface area (Å²) >= 11 is 0. The molecule has 7 rings (SSSR count). The molecule has 0 saturated carbocycles. The van der Waals surface area contributed by atoms with Gasteiger partial charge in [0.1, 0.15) is 0 Å². The molecule has 0 bridgehead atoms. The highest BCUT2D eigenvalue weighted by molar-refractivity contribution is 5.85. The molecule has 0 fully saturated rings. The molecule has 6 aromatic carbocycles. The van der Waals surface area contributed by atoms with Gasteiger partial charge in [-0.15, -0.1) is 0 Å². The van der Waals surface area contributed by atoms with Gasteiger partial charge in [-0.3, -0.25) is 0 Å². The molecule has 1 aliphatic carbocycles. The second-order valence-electron chi connectivity index (χ2n) is 10.8. The van der Waals surface area contributed by atoms with Crippen LogP contribution in [-0.4, -0.2) is 10.2 Å². The molecule has 2 heteroatoms. The average molecular weight is 565 g/mol. The lowest BCUT2D eigenvalue weighted by molar-refractivity contribution is 0.0954. The van der Waals surface area contributed by atoms with Crippen LogP contribution >= 0.6 is 0 Å². The Balaban J connectivity index is 1.64. The maximum Gasteiger partial charge on any atom is 0.178 e. The molecular weight excluding hydrogens is 536 g/mol. The molecule has 0 radical (unpaired) electrons. The van der Waals surface area contributed by atoms with Crippen LogP contribution in [0.25, 0.3) is 22.3 Å². The summed E-state index contributed by atoms with van der Waals surface area (Å²) in [6.45, 7) is 0. The minimum Gasteiger partial charge on any atom is -0.369 e. The van der Waals surface area contributed by atoms with E-state index >= 15 is 0 Å². The molecule has 2 atom stereocenters. The summed E-state index contributed by atoms with van der Waals surface area (Å²) in [7, 11) is 0. The van der Waals surface area contributed by atoms with Gasteiger partial charge in [0, 0.05) is 33.4 Å². The number of hydrogen-bond acceptors (Lipinski definition) is 2. The van der Waals surface area contributed by atoms with Crippen LogP contribution in [0, 0.1) is 23.7 Å². The van der Waals surface area contributed by atoms with Crippen LogP contribution < -0.4 is 0 Å². The zero-order valence-electron chi connectivity index (χ0n) is 23.9. The molecule has 0 aromatic heterocycles. The van der Waals surface area contributed by atoms with Crippen LogP contribution in [0.4, 0.5) is 0 Å². The standard InChI is InChI=1S/C42H28O2/c43-41(29-27-31-15-5-1-6-16-31)37-23-13-14-24-38(37)42(44,30-28-32-17-7-2-8-18-32)40-36(34-21-11-4-12-22-34)26-25-35(39(40)41)33-19-9-3-10-20-33/h1-26,43-44H/t41-,42-/m0/s1. The first-order valence-corrected chi connectivity index (χ1v) is 14.6. The lowest BCUT2D eigenvalue weighted by Gasteiger charge is -2.42. The highest BCUT2D eigenvalue weighted by Crippen LogP contribution is 2.53. The lowest BCUT2D eigenvalue weighted by Crippen LogP contribution is -2.42. The van der Waals surface area contributed by atoms with Crippen molar-refractivity contribution in [2.45, 2.75) is 11.2 Å². The fourth-order valence-electron chi connectivity index (χ4n) is 6.08. The SMILES string of the molecule is O[C@@]1(C#Cc2ccccc2)c2ccccc2[C@@](O)(C#Cc2ccccc2)c2c(-c3ccccc3)ccc(-c3ccccc3)c21. The van der Waals surface area contributed by atoms with Crippen molar-refractivity contribution >= 4 is 0 Å². The van der Waals surface area contributed by atoms with E-state index in [0.29, 0.717) is 22.3 Å². The Labute approximate surface area is 257 Å². The van der Waals surface area contributed by atoms with E-state index in [0.717, 1.165) is 33.4 Å². The molecule has 208 valence electrons. The minimum absolute atomic E-state index is 0.503. The maximum atomic E-state index is 13.0. The van der Waals surface area contributed by atoms with Crippen molar-refractivity contribution in [1.82, 2.24) is 0 Å². The molecule has 0 heterocycles.